The van der Waals surface area contributed by atoms with Crippen molar-refractivity contribution in [3.8, 4) is 0 Å². The largest absolute Gasteiger partial charge is 0.466 e. The van der Waals surface area contributed by atoms with Gasteiger partial charge in [0.15, 0.2) is 6.10 Å². The lowest BCUT2D eigenvalue weighted by Gasteiger charge is -2.26. The second-order valence-electron chi connectivity index (χ2n) is 16.4. The average molecular weight is 816 g/mol. The molecule has 0 heterocycles. The van der Waals surface area contributed by atoms with E-state index in [-0.39, 0.29) is 13.2 Å². The van der Waals surface area contributed by atoms with Crippen LogP contribution in [0.5, 0.6) is 0 Å². The number of carbonyl (C=O) groups excluding carboxylic acids is 3. The molecular weight excluding hydrogens is 727 g/mol. The molecule has 0 bridgehead atoms. The highest BCUT2D eigenvalue weighted by Crippen LogP contribution is 2.16. The summed E-state index contributed by atoms with van der Waals surface area (Å²) in [4.78, 5) is 38.4. The Morgan fingerprint density at radius 3 is 1.11 bits per heavy atom. The Morgan fingerprint density at radius 2 is 0.772 bits per heavy atom. The number of ether oxygens (including phenoxy) is 2. The minimum atomic E-state index is -2.25. The molecule has 11 heteroatoms. The third kappa shape index (κ3) is 33.7. The van der Waals surface area contributed by atoms with Gasteiger partial charge < -0.3 is 40.3 Å². The smallest absolute Gasteiger partial charge is 0.329 e. The van der Waals surface area contributed by atoms with Crippen LogP contribution in [0.25, 0.3) is 0 Å². The lowest BCUT2D eigenvalue weighted by atomic mass is 10.0. The van der Waals surface area contributed by atoms with Crippen LogP contribution in [0.3, 0.4) is 0 Å². The van der Waals surface area contributed by atoms with E-state index in [0.29, 0.717) is 12.8 Å². The molecule has 5 atom stereocenters. The Morgan fingerprint density at radius 1 is 0.456 bits per heavy atom. The van der Waals surface area contributed by atoms with Gasteiger partial charge in [0.25, 0.3) is 5.91 Å². The Labute approximate surface area is 347 Å². The molecule has 0 saturated carbocycles. The van der Waals surface area contributed by atoms with Crippen molar-refractivity contribution in [2.75, 3.05) is 19.8 Å². The quantitative estimate of drug-likeness (QED) is 0.0257. The maximum Gasteiger partial charge on any atom is 0.329 e. The predicted octanol–water partition coefficient (Wildman–Crippen LogP) is 8.91. The summed E-state index contributed by atoms with van der Waals surface area (Å²) in [6.45, 7) is 3.87. The zero-order valence-electron chi connectivity index (χ0n) is 36.6. The number of hydrogen-bond donors (Lipinski definition) is 6. The maximum atomic E-state index is 13.0. The van der Waals surface area contributed by atoms with E-state index < -0.39 is 61.3 Å². The molecule has 6 N–H and O–H groups in total. The number of aliphatic hydroxyl groups excluding tert-OH is 5. The van der Waals surface area contributed by atoms with Crippen molar-refractivity contribution in [2.24, 2.45) is 0 Å². The van der Waals surface area contributed by atoms with Crippen LogP contribution in [-0.2, 0) is 23.9 Å². The van der Waals surface area contributed by atoms with Gasteiger partial charge in [-0.1, -0.05) is 206 Å². The van der Waals surface area contributed by atoms with Gasteiger partial charge in [-0.2, -0.15) is 0 Å². The summed E-state index contributed by atoms with van der Waals surface area (Å²) in [6.07, 6.45) is 30.3. The van der Waals surface area contributed by atoms with Crippen molar-refractivity contribution >= 4 is 17.8 Å². The summed E-state index contributed by atoms with van der Waals surface area (Å²) >= 11 is 0. The van der Waals surface area contributed by atoms with Crippen LogP contribution >= 0.6 is 0 Å². The van der Waals surface area contributed by atoms with Crippen LogP contribution < -0.4 is 5.32 Å². The van der Waals surface area contributed by atoms with Crippen molar-refractivity contribution < 1.29 is 49.4 Å². The van der Waals surface area contributed by atoms with Crippen LogP contribution in [0.1, 0.15) is 226 Å². The molecule has 0 aromatic rings. The summed E-state index contributed by atoms with van der Waals surface area (Å²) in [5.41, 5.74) is 0. The maximum absolute atomic E-state index is 13.0. The molecule has 0 rings (SSSR count). The lowest BCUT2D eigenvalue weighted by Crippen LogP contribution is -2.54. The first-order valence-corrected chi connectivity index (χ1v) is 23.6. The van der Waals surface area contributed by atoms with E-state index >= 15 is 0 Å². The highest BCUT2D eigenvalue weighted by molar-refractivity contribution is 5.90. The molecule has 0 unspecified atom stereocenters. The molecule has 0 radical (unpaired) electrons. The van der Waals surface area contributed by atoms with Crippen LogP contribution in [0.15, 0.2) is 0 Å². The van der Waals surface area contributed by atoms with Gasteiger partial charge in [-0.3, -0.25) is 9.59 Å². The normalized spacial score (nSPS) is 14.2. The zero-order valence-corrected chi connectivity index (χ0v) is 36.6. The average Bonchev–Trinajstić information content (AvgIpc) is 3.21. The molecule has 0 saturated heterocycles. The predicted molar refractivity (Wildman–Crippen MR) is 229 cm³/mol. The molecule has 1 amide bonds. The van der Waals surface area contributed by atoms with Crippen molar-refractivity contribution in [3.63, 3.8) is 0 Å². The Balaban J connectivity index is 4.41. The molecular formula is C46H89NO10. The second-order valence-corrected chi connectivity index (χ2v) is 16.4. The Kier molecular flexibility index (Phi) is 39.7. The number of unbranched alkanes of at least 4 members (excludes halogenated alkanes) is 30. The molecule has 0 spiro atoms. The zero-order chi connectivity index (χ0) is 42.2. The molecule has 57 heavy (non-hydrogen) atoms. The number of amides is 1. The fourth-order valence-electron chi connectivity index (χ4n) is 7.11. The third-order valence-corrected chi connectivity index (χ3v) is 11.0. The van der Waals surface area contributed by atoms with Gasteiger partial charge in [-0.15, -0.1) is 0 Å². The second kappa shape index (κ2) is 41.0. The first-order chi connectivity index (χ1) is 27.7. The summed E-state index contributed by atoms with van der Waals surface area (Å²) in [5.74, 6) is -2.84. The summed E-state index contributed by atoms with van der Waals surface area (Å²) < 4.78 is 10.7. The van der Waals surface area contributed by atoms with Gasteiger partial charge in [0.1, 0.15) is 24.4 Å². The minimum absolute atomic E-state index is 0.102. The van der Waals surface area contributed by atoms with Gasteiger partial charge in [-0.05, 0) is 12.8 Å². The molecule has 11 nitrogen and oxygen atoms in total. The van der Waals surface area contributed by atoms with E-state index in [2.05, 4.69) is 19.2 Å². The highest BCUT2D eigenvalue weighted by atomic mass is 16.5. The summed E-state index contributed by atoms with van der Waals surface area (Å²) in [7, 11) is 0. The van der Waals surface area contributed by atoms with Crippen molar-refractivity contribution in [3.05, 3.63) is 0 Å². The number of esters is 2. The molecule has 0 fully saturated rings. The lowest BCUT2D eigenvalue weighted by molar-refractivity contribution is -0.158. The highest BCUT2D eigenvalue weighted by Gasteiger charge is 2.36. The fraction of sp³-hybridized carbons (Fsp3) is 0.935. The Bertz CT molecular complexity index is 922. The van der Waals surface area contributed by atoms with E-state index in [4.69, 9.17) is 14.6 Å². The number of carbonyl (C=O) groups is 3. The number of hydrogen-bond acceptors (Lipinski definition) is 10. The van der Waals surface area contributed by atoms with Gasteiger partial charge in [0.2, 0.25) is 0 Å². The summed E-state index contributed by atoms with van der Waals surface area (Å²) in [6, 6.07) is -1.49. The fourth-order valence-corrected chi connectivity index (χ4v) is 7.11. The van der Waals surface area contributed by atoms with Crippen LogP contribution in [0.4, 0.5) is 0 Å². The van der Waals surface area contributed by atoms with E-state index in [9.17, 15) is 34.8 Å². The standard InChI is InChI=1S/C46H89NO10/c1-3-5-7-9-11-13-15-17-19-21-23-25-27-29-31-33-35-56-41(50)37-39(47-45(54)44(53)43(52)42(51)40(49)38-48)46(55)57-36-34-32-30-28-26-24-22-20-18-16-14-12-10-8-6-4-2/h39-40,42-44,48-49,51-53H,3-38H2,1-2H3,(H,47,54)/t39-,40+,42+,43-,44+/m0/s1. The number of aliphatic hydroxyl groups is 5. The van der Waals surface area contributed by atoms with E-state index in [1.54, 1.807) is 0 Å². The number of nitrogens with one attached hydrogen (secondary N) is 1. The first kappa shape index (κ1) is 55.2. The monoisotopic (exact) mass is 816 g/mol. The van der Waals surface area contributed by atoms with Gasteiger partial charge >= 0.3 is 11.9 Å². The molecule has 0 aliphatic carbocycles. The first-order valence-electron chi connectivity index (χ1n) is 23.6. The minimum Gasteiger partial charge on any atom is -0.466 e. The van der Waals surface area contributed by atoms with Crippen LogP contribution in [0, 0.1) is 0 Å². The van der Waals surface area contributed by atoms with Gasteiger partial charge in [0, 0.05) is 0 Å². The SMILES string of the molecule is CCCCCCCCCCCCCCCCCCOC(=O)C[C@H](NC(=O)[C@H](O)[C@@H](O)[C@H](O)[C@H](O)CO)C(=O)OCCCCCCCCCCCCCCCCCC. The molecule has 0 aliphatic rings. The van der Waals surface area contributed by atoms with E-state index in [1.807, 2.05) is 0 Å². The van der Waals surface area contributed by atoms with Gasteiger partial charge in [-0.25, -0.2) is 4.79 Å². The third-order valence-electron chi connectivity index (χ3n) is 11.0. The topological polar surface area (TPSA) is 183 Å². The molecule has 338 valence electrons. The van der Waals surface area contributed by atoms with Crippen LogP contribution in [-0.4, -0.2) is 93.7 Å². The number of rotatable bonds is 43. The molecule has 0 aliphatic heterocycles. The van der Waals surface area contributed by atoms with E-state index in [1.165, 1.54) is 154 Å². The van der Waals surface area contributed by atoms with Crippen molar-refractivity contribution in [1.82, 2.24) is 5.32 Å². The molecule has 0 aromatic carbocycles. The van der Waals surface area contributed by atoms with Crippen LogP contribution in [0.2, 0.25) is 0 Å². The van der Waals surface area contributed by atoms with E-state index in [0.717, 1.165) is 38.5 Å². The summed E-state index contributed by atoms with van der Waals surface area (Å²) in [5, 5.41) is 51.2. The van der Waals surface area contributed by atoms with Crippen molar-refractivity contribution in [1.29, 1.82) is 0 Å². The Hall–Kier alpha value is -1.79. The van der Waals surface area contributed by atoms with Crippen molar-refractivity contribution in [2.45, 2.75) is 256 Å². The molecule has 0 aromatic heterocycles. The van der Waals surface area contributed by atoms with Gasteiger partial charge in [0.05, 0.1) is 26.2 Å².